The van der Waals surface area contributed by atoms with Gasteiger partial charge in [0.2, 0.25) is 41.4 Å². The second-order valence-corrected chi connectivity index (χ2v) is 15.2. The fraction of sp³-hybridized carbons (Fsp3) is 0.462. The average molecular weight is 894 g/mol. The van der Waals surface area contributed by atoms with Gasteiger partial charge in [-0.2, -0.15) is 0 Å². The van der Waals surface area contributed by atoms with Crippen molar-refractivity contribution >= 4 is 53.3 Å². The lowest BCUT2D eigenvalue weighted by Gasteiger charge is -2.30. The van der Waals surface area contributed by atoms with Crippen LogP contribution in [0.5, 0.6) is 5.75 Å². The maximum atomic E-state index is 14.3. The highest BCUT2D eigenvalue weighted by atomic mass is 16.4. The molecule has 0 aliphatic carbocycles. The summed E-state index contributed by atoms with van der Waals surface area (Å²) in [5.74, 6) is -7.40. The van der Waals surface area contributed by atoms with Crippen molar-refractivity contribution in [1.82, 2.24) is 51.4 Å². The van der Waals surface area contributed by atoms with Crippen molar-refractivity contribution in [2.45, 2.75) is 101 Å². The van der Waals surface area contributed by atoms with E-state index < -0.39 is 96.0 Å². The van der Waals surface area contributed by atoms with Gasteiger partial charge in [-0.1, -0.05) is 12.1 Å². The molecule has 1 aromatic carbocycles. The van der Waals surface area contributed by atoms with Crippen LogP contribution in [-0.4, -0.2) is 144 Å². The topological polar surface area (TPSA) is 414 Å². The molecule has 25 heteroatoms. The second kappa shape index (κ2) is 23.6. The van der Waals surface area contributed by atoms with Crippen LogP contribution in [0.25, 0.3) is 0 Å². The third-order valence-electron chi connectivity index (χ3n) is 10.1. The lowest BCUT2D eigenvalue weighted by molar-refractivity contribution is -0.143. The third kappa shape index (κ3) is 15.1. The molecule has 0 bridgehead atoms. The van der Waals surface area contributed by atoms with Crippen LogP contribution in [0.2, 0.25) is 0 Å². The maximum Gasteiger partial charge on any atom is 0.326 e. The molecule has 1 aliphatic rings. The van der Waals surface area contributed by atoms with E-state index in [4.69, 9.17) is 22.9 Å². The summed E-state index contributed by atoms with van der Waals surface area (Å²) in [5, 5.41) is 32.6. The molecule has 4 rings (SSSR count). The molecular weight excluding hydrogens is 839 g/mol. The highest BCUT2D eigenvalue weighted by Gasteiger charge is 2.40. The largest absolute Gasteiger partial charge is 0.508 e. The fourth-order valence-corrected chi connectivity index (χ4v) is 6.78. The normalized spacial score (nSPS) is 16.2. The van der Waals surface area contributed by atoms with Crippen molar-refractivity contribution in [3.8, 4) is 5.75 Å². The van der Waals surface area contributed by atoms with E-state index in [1.807, 2.05) is 0 Å². The first-order valence-corrected chi connectivity index (χ1v) is 20.3. The molecule has 0 unspecified atom stereocenters. The zero-order chi connectivity index (χ0) is 46.9. The Labute approximate surface area is 366 Å². The van der Waals surface area contributed by atoms with Gasteiger partial charge in [0.05, 0.1) is 25.1 Å². The minimum Gasteiger partial charge on any atom is -0.508 e. The van der Waals surface area contributed by atoms with Crippen LogP contribution < -0.4 is 49.5 Å². The Morgan fingerprint density at radius 2 is 1.33 bits per heavy atom. The van der Waals surface area contributed by atoms with Gasteiger partial charge in [-0.25, -0.2) is 14.8 Å². The molecule has 7 amide bonds. The van der Waals surface area contributed by atoms with E-state index in [1.54, 1.807) is 0 Å². The van der Waals surface area contributed by atoms with E-state index in [2.05, 4.69) is 51.5 Å². The van der Waals surface area contributed by atoms with Gasteiger partial charge in [0.1, 0.15) is 42.0 Å². The first-order chi connectivity index (χ1) is 30.4. The molecule has 0 spiro atoms. The molecule has 17 N–H and O–H groups in total. The Balaban J connectivity index is 1.60. The summed E-state index contributed by atoms with van der Waals surface area (Å²) < 4.78 is 0. The highest BCUT2D eigenvalue weighted by Crippen LogP contribution is 2.21. The van der Waals surface area contributed by atoms with Crippen molar-refractivity contribution in [3.05, 3.63) is 66.3 Å². The number of nitrogens with two attached hydrogens (primary N) is 4. The molecule has 0 saturated carbocycles. The molecular formula is C39H55N15O10. The van der Waals surface area contributed by atoms with Crippen molar-refractivity contribution < 1.29 is 48.6 Å². The molecule has 7 atom stereocenters. The molecule has 0 radical (unpaired) electrons. The van der Waals surface area contributed by atoms with Crippen LogP contribution in [0, 0.1) is 0 Å². The Morgan fingerprint density at radius 1 is 0.781 bits per heavy atom. The number of phenols is 1. The lowest BCUT2D eigenvalue weighted by Crippen LogP contribution is -2.60. The number of amides is 7. The van der Waals surface area contributed by atoms with Crippen LogP contribution in [-0.2, 0) is 57.6 Å². The number of guanidine groups is 1. The van der Waals surface area contributed by atoms with Crippen LogP contribution in [0.3, 0.4) is 0 Å². The smallest absolute Gasteiger partial charge is 0.326 e. The van der Waals surface area contributed by atoms with E-state index in [0.29, 0.717) is 23.4 Å². The van der Waals surface area contributed by atoms with E-state index in [0.717, 1.165) is 0 Å². The van der Waals surface area contributed by atoms with Gasteiger partial charge in [0.15, 0.2) is 5.96 Å². The number of benzene rings is 1. The van der Waals surface area contributed by atoms with Crippen LogP contribution >= 0.6 is 0 Å². The van der Waals surface area contributed by atoms with Gasteiger partial charge in [0, 0.05) is 56.1 Å². The summed E-state index contributed by atoms with van der Waals surface area (Å²) in [6.07, 6.45) is 4.99. The van der Waals surface area contributed by atoms with Gasteiger partial charge < -0.3 is 74.6 Å². The number of aromatic nitrogens is 4. The van der Waals surface area contributed by atoms with Crippen LogP contribution in [0.4, 0.5) is 0 Å². The van der Waals surface area contributed by atoms with Crippen LogP contribution in [0.15, 0.2) is 54.3 Å². The number of phenolic OH excluding ortho intramolecular Hbond substituents is 1. The van der Waals surface area contributed by atoms with Crippen molar-refractivity contribution in [2.24, 2.45) is 27.9 Å². The van der Waals surface area contributed by atoms with Crippen molar-refractivity contribution in [2.75, 3.05) is 13.1 Å². The number of carboxylic acids is 1. The average Bonchev–Trinajstić information content (AvgIpc) is 4.05. The summed E-state index contributed by atoms with van der Waals surface area (Å²) >= 11 is 0. The number of hydrogen-bond donors (Lipinski definition) is 13. The first-order valence-electron chi connectivity index (χ1n) is 20.3. The summed E-state index contributed by atoms with van der Waals surface area (Å²) in [5.41, 5.74) is 23.2. The predicted molar refractivity (Wildman–Crippen MR) is 226 cm³/mol. The number of carboxylic acid groups (broad SMARTS) is 1. The standard InChI is InChI=1S/C39H55N15O10/c1-20(40)32(57)52-28(15-31(41)56)37(62)54-11-3-5-30(54)36(61)51-26(12-21-6-8-24(55)9-7-21)34(59)50-27(13-22-16-44-18-47-22)35(60)49-25(4-2-10-46-39(42)43)33(58)53-29(38(63)64)14-23-17-45-19-48-23/h6-9,16-20,25-30,55H,2-5,10-15,40H2,1H3,(H2,41,56)(H,44,47)(H,45,48)(H,49,60)(H,50,59)(H,51,61)(H,52,57)(H,53,58)(H,63,64)(H4,42,43,46)/t20-,25-,26-,27-,28-,29-,30-/m0/s1. The number of carbonyl (C=O) groups is 8. The number of hydrogen-bond acceptors (Lipinski definition) is 13. The minimum absolute atomic E-state index is 0.0583. The number of carbonyl (C=O) groups excluding carboxylic acids is 7. The number of rotatable bonds is 24. The van der Waals surface area contributed by atoms with Gasteiger partial charge >= 0.3 is 5.97 Å². The lowest BCUT2D eigenvalue weighted by atomic mass is 10.0. The Kier molecular flexibility index (Phi) is 18.1. The molecule has 1 saturated heterocycles. The monoisotopic (exact) mass is 893 g/mol. The Bertz CT molecular complexity index is 2110. The third-order valence-corrected chi connectivity index (χ3v) is 10.1. The number of aliphatic carboxylic acids is 1. The maximum absolute atomic E-state index is 14.3. The number of aliphatic imine (C=N–C) groups is 1. The van der Waals surface area contributed by atoms with Crippen molar-refractivity contribution in [1.29, 1.82) is 0 Å². The molecule has 64 heavy (non-hydrogen) atoms. The Hall–Kier alpha value is -7.57. The number of nitrogens with one attached hydrogen (secondary N) is 7. The van der Waals surface area contributed by atoms with Crippen LogP contribution in [0.1, 0.15) is 56.0 Å². The van der Waals surface area contributed by atoms with E-state index in [9.17, 15) is 48.6 Å². The summed E-state index contributed by atoms with van der Waals surface area (Å²) in [4.78, 5) is 125. The molecule has 3 aromatic rings. The summed E-state index contributed by atoms with van der Waals surface area (Å²) in [6, 6.07) is -3.48. The number of H-pyrrole nitrogens is 2. The number of likely N-dealkylation sites (tertiary alicyclic amines) is 1. The summed E-state index contributed by atoms with van der Waals surface area (Å²) in [6.45, 7) is 1.51. The molecule has 2 aromatic heterocycles. The quantitative estimate of drug-likeness (QED) is 0.0230. The fourth-order valence-electron chi connectivity index (χ4n) is 6.78. The molecule has 1 fully saturated rings. The van der Waals surface area contributed by atoms with E-state index in [-0.39, 0.29) is 63.3 Å². The summed E-state index contributed by atoms with van der Waals surface area (Å²) in [7, 11) is 0. The number of imidazole rings is 2. The predicted octanol–water partition coefficient (Wildman–Crippen LogP) is -4.36. The molecule has 1 aliphatic heterocycles. The number of primary amides is 1. The van der Waals surface area contributed by atoms with Crippen molar-refractivity contribution in [3.63, 3.8) is 0 Å². The SMILES string of the molecule is C[C@H](N)C(=O)N[C@@H](CC(N)=O)C(=O)N1CCC[C@H]1C(=O)N[C@@H](Cc1ccc(O)cc1)C(=O)N[C@@H](Cc1cnc[nH]1)C(=O)N[C@@H](CCCN=C(N)N)C(=O)N[C@@H](Cc1cnc[nH]1)C(=O)O. The number of aromatic hydroxyl groups is 1. The molecule has 346 valence electrons. The van der Waals surface area contributed by atoms with Gasteiger partial charge in [-0.05, 0) is 50.3 Å². The zero-order valence-electron chi connectivity index (χ0n) is 35.0. The second-order valence-electron chi connectivity index (χ2n) is 15.2. The number of nitrogens with zero attached hydrogens (tertiary/aromatic N) is 4. The van der Waals surface area contributed by atoms with E-state index in [1.165, 1.54) is 61.1 Å². The minimum atomic E-state index is -1.44. The Morgan fingerprint density at radius 3 is 1.88 bits per heavy atom. The molecule has 3 heterocycles. The van der Waals surface area contributed by atoms with Gasteiger partial charge in [-0.15, -0.1) is 0 Å². The van der Waals surface area contributed by atoms with Gasteiger partial charge in [-0.3, -0.25) is 38.6 Å². The number of aromatic amines is 2. The van der Waals surface area contributed by atoms with E-state index >= 15 is 0 Å². The van der Waals surface area contributed by atoms with Gasteiger partial charge in [0.25, 0.3) is 0 Å². The first kappa shape index (κ1) is 49.1. The molecule has 25 nitrogen and oxygen atoms in total. The highest BCUT2D eigenvalue weighted by molar-refractivity contribution is 5.98. The zero-order valence-corrected chi connectivity index (χ0v) is 35.0.